The lowest BCUT2D eigenvalue weighted by Gasteiger charge is -2.10. The molecule has 0 fully saturated rings. The molecule has 9 heteroatoms. The summed E-state index contributed by atoms with van der Waals surface area (Å²) in [5, 5.41) is 16.8. The van der Waals surface area contributed by atoms with Crippen LogP contribution in [0, 0.1) is 0 Å². The standard InChI is InChI=1S/C8H14N2O7/c9-4(1-2-6(12)13)7(14)16-17-8(15)5(10)3-11/h4-5,11H,1-3,9-10H2,(H,12,13). The third-order valence-corrected chi connectivity index (χ3v) is 1.68. The zero-order chi connectivity index (χ0) is 13.4. The number of carboxylic acid groups (broad SMARTS) is 1. The average molecular weight is 250 g/mol. The summed E-state index contributed by atoms with van der Waals surface area (Å²) in [6, 6.07) is -2.54. The van der Waals surface area contributed by atoms with Gasteiger partial charge in [0, 0.05) is 6.42 Å². The van der Waals surface area contributed by atoms with Crippen LogP contribution in [0.3, 0.4) is 0 Å². The molecule has 0 saturated heterocycles. The van der Waals surface area contributed by atoms with Crippen LogP contribution in [0.15, 0.2) is 0 Å². The monoisotopic (exact) mass is 250 g/mol. The van der Waals surface area contributed by atoms with Gasteiger partial charge in [0.2, 0.25) is 0 Å². The fraction of sp³-hybridized carbons (Fsp3) is 0.625. The van der Waals surface area contributed by atoms with E-state index >= 15 is 0 Å². The molecule has 0 radical (unpaired) electrons. The van der Waals surface area contributed by atoms with Gasteiger partial charge in [-0.2, -0.15) is 0 Å². The Balaban J connectivity index is 3.93. The topological polar surface area (TPSA) is 162 Å². The molecular formula is C8H14N2O7. The minimum atomic E-state index is -1.32. The molecule has 0 aliphatic rings. The Kier molecular flexibility index (Phi) is 6.79. The van der Waals surface area contributed by atoms with Gasteiger partial charge in [0.05, 0.1) is 6.61 Å². The van der Waals surface area contributed by atoms with Crippen LogP contribution in [0.4, 0.5) is 0 Å². The van der Waals surface area contributed by atoms with Crippen molar-refractivity contribution in [2.45, 2.75) is 24.9 Å². The van der Waals surface area contributed by atoms with Crippen LogP contribution in [0.25, 0.3) is 0 Å². The van der Waals surface area contributed by atoms with Gasteiger partial charge in [0.25, 0.3) is 0 Å². The molecule has 0 aliphatic carbocycles. The van der Waals surface area contributed by atoms with Crippen LogP contribution in [0.1, 0.15) is 12.8 Å². The summed E-state index contributed by atoms with van der Waals surface area (Å²) >= 11 is 0. The van der Waals surface area contributed by atoms with Crippen LogP contribution in [-0.4, -0.2) is 46.8 Å². The number of carbonyl (C=O) groups is 3. The predicted molar refractivity (Wildman–Crippen MR) is 52.1 cm³/mol. The third kappa shape index (κ3) is 6.45. The predicted octanol–water partition coefficient (Wildman–Crippen LogP) is -2.50. The van der Waals surface area contributed by atoms with Crippen LogP contribution in [-0.2, 0) is 24.2 Å². The van der Waals surface area contributed by atoms with E-state index in [1.165, 1.54) is 0 Å². The summed E-state index contributed by atoms with van der Waals surface area (Å²) in [4.78, 5) is 40.1. The van der Waals surface area contributed by atoms with Crippen molar-refractivity contribution in [3.05, 3.63) is 0 Å². The Labute approximate surface area is 96.2 Å². The fourth-order valence-electron chi connectivity index (χ4n) is 0.677. The SMILES string of the molecule is NC(CO)C(=O)OOC(=O)C(N)CCC(=O)O. The molecule has 0 aromatic heterocycles. The third-order valence-electron chi connectivity index (χ3n) is 1.68. The number of carbonyl (C=O) groups excluding carboxylic acids is 2. The Hall–Kier alpha value is -1.71. The van der Waals surface area contributed by atoms with Crippen LogP contribution in [0.2, 0.25) is 0 Å². The maximum Gasteiger partial charge on any atom is 0.374 e. The number of aliphatic hydroxyl groups is 1. The molecule has 0 rings (SSSR count). The van der Waals surface area contributed by atoms with Crippen molar-refractivity contribution in [3.8, 4) is 0 Å². The molecule has 0 aromatic carbocycles. The maximum atomic E-state index is 11.1. The number of hydrogen-bond donors (Lipinski definition) is 4. The van der Waals surface area contributed by atoms with Crippen molar-refractivity contribution in [1.29, 1.82) is 0 Å². The molecule has 0 aromatic rings. The van der Waals surface area contributed by atoms with Gasteiger partial charge >= 0.3 is 17.9 Å². The van der Waals surface area contributed by atoms with E-state index in [4.69, 9.17) is 21.7 Å². The zero-order valence-corrected chi connectivity index (χ0v) is 8.87. The minimum absolute atomic E-state index is 0.155. The van der Waals surface area contributed by atoms with Crippen LogP contribution >= 0.6 is 0 Å². The highest BCUT2D eigenvalue weighted by molar-refractivity contribution is 5.79. The summed E-state index contributed by atoms with van der Waals surface area (Å²) in [5.41, 5.74) is 10.3. The van der Waals surface area contributed by atoms with Gasteiger partial charge < -0.3 is 21.7 Å². The summed E-state index contributed by atoms with van der Waals surface area (Å²) in [6.07, 6.45) is -0.474. The molecule has 9 nitrogen and oxygen atoms in total. The van der Waals surface area contributed by atoms with E-state index in [0.29, 0.717) is 0 Å². The number of hydrogen-bond acceptors (Lipinski definition) is 8. The van der Waals surface area contributed by atoms with E-state index < -0.39 is 36.6 Å². The molecule has 0 aliphatic heterocycles. The summed E-state index contributed by atoms with van der Waals surface area (Å²) in [5.74, 6) is -3.34. The first-order valence-electron chi connectivity index (χ1n) is 4.64. The van der Waals surface area contributed by atoms with Gasteiger partial charge in [-0.25, -0.2) is 19.4 Å². The smallest absolute Gasteiger partial charge is 0.374 e. The second-order valence-electron chi connectivity index (χ2n) is 3.13. The number of nitrogens with two attached hydrogens (primary N) is 2. The molecule has 0 heterocycles. The molecule has 2 atom stereocenters. The number of rotatable bonds is 6. The quantitative estimate of drug-likeness (QED) is 0.294. The summed E-state index contributed by atoms with van der Waals surface area (Å²) < 4.78 is 0. The Morgan fingerprint density at radius 1 is 1.06 bits per heavy atom. The van der Waals surface area contributed by atoms with Gasteiger partial charge in [0.1, 0.15) is 12.1 Å². The van der Waals surface area contributed by atoms with Crippen molar-refractivity contribution < 1.29 is 34.4 Å². The van der Waals surface area contributed by atoms with E-state index in [0.717, 1.165) is 0 Å². The van der Waals surface area contributed by atoms with Gasteiger partial charge in [0.15, 0.2) is 0 Å². The lowest BCUT2D eigenvalue weighted by Crippen LogP contribution is -2.38. The minimum Gasteiger partial charge on any atom is -0.481 e. The highest BCUT2D eigenvalue weighted by Gasteiger charge is 2.21. The van der Waals surface area contributed by atoms with E-state index in [1.807, 2.05) is 0 Å². The first-order chi connectivity index (χ1) is 7.88. The molecule has 0 amide bonds. The maximum absolute atomic E-state index is 11.1. The Bertz CT molecular complexity index is 294. The summed E-state index contributed by atoms with van der Waals surface area (Å²) in [7, 11) is 0. The number of aliphatic carboxylic acids is 1. The first kappa shape index (κ1) is 15.3. The number of carboxylic acids is 1. The van der Waals surface area contributed by atoms with Crippen molar-refractivity contribution >= 4 is 17.9 Å². The van der Waals surface area contributed by atoms with Gasteiger partial charge in [-0.1, -0.05) is 0 Å². The second-order valence-corrected chi connectivity index (χ2v) is 3.13. The van der Waals surface area contributed by atoms with Gasteiger partial charge in [-0.3, -0.25) is 4.79 Å². The van der Waals surface area contributed by atoms with Crippen LogP contribution in [0.5, 0.6) is 0 Å². The largest absolute Gasteiger partial charge is 0.481 e. The van der Waals surface area contributed by atoms with E-state index in [-0.39, 0.29) is 12.8 Å². The van der Waals surface area contributed by atoms with Gasteiger partial charge in [-0.15, -0.1) is 0 Å². The average Bonchev–Trinajstić information content (AvgIpc) is 2.31. The molecule has 0 spiro atoms. The van der Waals surface area contributed by atoms with Gasteiger partial charge in [-0.05, 0) is 6.42 Å². The van der Waals surface area contributed by atoms with E-state index in [2.05, 4.69) is 9.78 Å². The van der Waals surface area contributed by atoms with Crippen molar-refractivity contribution in [3.63, 3.8) is 0 Å². The normalized spacial score (nSPS) is 13.6. The molecule has 6 N–H and O–H groups in total. The van der Waals surface area contributed by atoms with Crippen molar-refractivity contribution in [1.82, 2.24) is 0 Å². The molecule has 2 unspecified atom stereocenters. The molecule has 17 heavy (non-hydrogen) atoms. The summed E-state index contributed by atoms with van der Waals surface area (Å²) in [6.45, 7) is -0.665. The lowest BCUT2D eigenvalue weighted by atomic mass is 10.2. The molecular weight excluding hydrogens is 236 g/mol. The van der Waals surface area contributed by atoms with E-state index in [9.17, 15) is 14.4 Å². The van der Waals surface area contributed by atoms with E-state index in [1.54, 1.807) is 0 Å². The molecule has 98 valence electrons. The zero-order valence-electron chi connectivity index (χ0n) is 8.87. The Morgan fingerprint density at radius 2 is 1.53 bits per heavy atom. The molecule has 0 saturated carbocycles. The Morgan fingerprint density at radius 3 is 1.94 bits per heavy atom. The fourth-order valence-corrected chi connectivity index (χ4v) is 0.677. The molecule has 0 bridgehead atoms. The highest BCUT2D eigenvalue weighted by Crippen LogP contribution is 1.98. The van der Waals surface area contributed by atoms with Crippen molar-refractivity contribution in [2.75, 3.05) is 6.61 Å². The number of aliphatic hydroxyl groups excluding tert-OH is 1. The van der Waals surface area contributed by atoms with Crippen LogP contribution < -0.4 is 11.5 Å². The second kappa shape index (κ2) is 7.54. The highest BCUT2D eigenvalue weighted by atomic mass is 17.2. The first-order valence-corrected chi connectivity index (χ1v) is 4.64. The van der Waals surface area contributed by atoms with Crippen molar-refractivity contribution in [2.24, 2.45) is 11.5 Å². The lowest BCUT2D eigenvalue weighted by molar-refractivity contribution is -0.261.